The summed E-state index contributed by atoms with van der Waals surface area (Å²) in [6.45, 7) is 1.79. The second kappa shape index (κ2) is 6.64. The zero-order valence-electron chi connectivity index (χ0n) is 12.3. The second-order valence-electron chi connectivity index (χ2n) is 5.71. The average Bonchev–Trinajstić information content (AvgIpc) is 2.48. The van der Waals surface area contributed by atoms with Gasteiger partial charge in [0.05, 0.1) is 0 Å². The number of amides is 1. The van der Waals surface area contributed by atoms with E-state index in [0.29, 0.717) is 5.25 Å². The molecule has 0 radical (unpaired) electrons. The van der Waals surface area contributed by atoms with Crippen molar-refractivity contribution in [1.29, 1.82) is 0 Å². The molecule has 4 heteroatoms. The summed E-state index contributed by atoms with van der Waals surface area (Å²) in [5.74, 6) is -0.0744. The summed E-state index contributed by atoms with van der Waals surface area (Å²) in [6, 6.07) is 9.83. The van der Waals surface area contributed by atoms with Gasteiger partial charge in [-0.3, -0.25) is 4.79 Å². The van der Waals surface area contributed by atoms with E-state index in [0.717, 1.165) is 12.0 Å². The van der Waals surface area contributed by atoms with Gasteiger partial charge in [-0.2, -0.15) is 11.8 Å². The number of nitrogens with two attached hydrogens (primary N) is 1. The molecule has 1 saturated carbocycles. The number of rotatable bonds is 4. The highest BCUT2D eigenvalue weighted by Gasteiger charge is 2.34. The monoisotopic (exact) mass is 292 g/mol. The highest BCUT2D eigenvalue weighted by Crippen LogP contribution is 2.28. The Kier molecular flexibility index (Phi) is 5.11. The Bertz CT molecular complexity index is 447. The molecule has 3 N–H and O–H groups in total. The minimum atomic E-state index is -0.971. The lowest BCUT2D eigenvalue weighted by Gasteiger charge is -2.34. The molecule has 3 nitrogen and oxygen atoms in total. The van der Waals surface area contributed by atoms with Crippen molar-refractivity contribution in [2.75, 3.05) is 6.26 Å². The van der Waals surface area contributed by atoms with Crippen LogP contribution in [0.2, 0.25) is 0 Å². The molecule has 110 valence electrons. The first-order valence-electron chi connectivity index (χ1n) is 7.24. The van der Waals surface area contributed by atoms with Gasteiger partial charge in [0.1, 0.15) is 5.54 Å². The summed E-state index contributed by atoms with van der Waals surface area (Å²) >= 11 is 1.85. The van der Waals surface area contributed by atoms with Crippen molar-refractivity contribution in [3.63, 3.8) is 0 Å². The van der Waals surface area contributed by atoms with Crippen LogP contribution in [0.25, 0.3) is 0 Å². The number of hydrogen-bond acceptors (Lipinski definition) is 3. The molecule has 2 rings (SSSR count). The van der Waals surface area contributed by atoms with Crippen LogP contribution in [0, 0.1) is 0 Å². The Balaban J connectivity index is 2.07. The first-order valence-corrected chi connectivity index (χ1v) is 8.52. The summed E-state index contributed by atoms with van der Waals surface area (Å²) in [6.07, 6.45) is 6.81. The maximum atomic E-state index is 12.5. The molecule has 0 heterocycles. The number of carbonyl (C=O) groups is 1. The second-order valence-corrected chi connectivity index (χ2v) is 6.78. The molecule has 0 aromatic heterocycles. The maximum absolute atomic E-state index is 12.5. The molecule has 0 aliphatic heterocycles. The molecule has 0 bridgehead atoms. The number of hydrogen-bond donors (Lipinski definition) is 2. The molecule has 3 unspecified atom stereocenters. The van der Waals surface area contributed by atoms with Crippen LogP contribution in [0.5, 0.6) is 0 Å². The van der Waals surface area contributed by atoms with Gasteiger partial charge in [-0.05, 0) is 31.6 Å². The van der Waals surface area contributed by atoms with Gasteiger partial charge in [0, 0.05) is 11.3 Å². The van der Waals surface area contributed by atoms with Gasteiger partial charge in [-0.15, -0.1) is 0 Å². The Hall–Kier alpha value is -1.00. The Morgan fingerprint density at radius 3 is 2.60 bits per heavy atom. The largest absolute Gasteiger partial charge is 0.350 e. The van der Waals surface area contributed by atoms with Crippen molar-refractivity contribution in [2.24, 2.45) is 5.73 Å². The number of benzene rings is 1. The van der Waals surface area contributed by atoms with E-state index in [-0.39, 0.29) is 11.9 Å². The molecule has 1 aliphatic carbocycles. The molecule has 3 atom stereocenters. The average molecular weight is 292 g/mol. The molecule has 1 aromatic carbocycles. The SMILES string of the molecule is CSC1CCCCC1NC(=O)C(C)(N)c1ccccc1. The van der Waals surface area contributed by atoms with Crippen LogP contribution in [0.15, 0.2) is 30.3 Å². The van der Waals surface area contributed by atoms with E-state index in [4.69, 9.17) is 5.73 Å². The van der Waals surface area contributed by atoms with Crippen LogP contribution in [0.4, 0.5) is 0 Å². The summed E-state index contributed by atoms with van der Waals surface area (Å²) < 4.78 is 0. The minimum Gasteiger partial charge on any atom is -0.350 e. The third-order valence-corrected chi connectivity index (χ3v) is 5.34. The predicted molar refractivity (Wildman–Crippen MR) is 85.7 cm³/mol. The van der Waals surface area contributed by atoms with E-state index >= 15 is 0 Å². The van der Waals surface area contributed by atoms with Crippen LogP contribution in [-0.2, 0) is 10.3 Å². The fraction of sp³-hybridized carbons (Fsp3) is 0.562. The van der Waals surface area contributed by atoms with Crippen LogP contribution in [0.3, 0.4) is 0 Å². The van der Waals surface area contributed by atoms with Gasteiger partial charge in [-0.25, -0.2) is 0 Å². The van der Waals surface area contributed by atoms with E-state index < -0.39 is 5.54 Å². The van der Waals surface area contributed by atoms with Gasteiger partial charge in [-0.1, -0.05) is 43.2 Å². The van der Waals surface area contributed by atoms with Crippen molar-refractivity contribution in [3.8, 4) is 0 Å². The molecule has 1 fully saturated rings. The third-order valence-electron chi connectivity index (χ3n) is 4.17. The van der Waals surface area contributed by atoms with Crippen molar-refractivity contribution < 1.29 is 4.79 Å². The first-order chi connectivity index (χ1) is 9.55. The molecular formula is C16H24N2OS. The van der Waals surface area contributed by atoms with E-state index in [1.165, 1.54) is 19.3 Å². The summed E-state index contributed by atoms with van der Waals surface area (Å²) in [4.78, 5) is 12.5. The predicted octanol–water partition coefficient (Wildman–Crippen LogP) is 2.65. The topological polar surface area (TPSA) is 55.1 Å². The van der Waals surface area contributed by atoms with Gasteiger partial charge in [0.25, 0.3) is 0 Å². The first kappa shape index (κ1) is 15.4. The lowest BCUT2D eigenvalue weighted by atomic mass is 9.90. The highest BCUT2D eigenvalue weighted by molar-refractivity contribution is 7.99. The lowest BCUT2D eigenvalue weighted by molar-refractivity contribution is -0.127. The van der Waals surface area contributed by atoms with Crippen molar-refractivity contribution in [1.82, 2.24) is 5.32 Å². The number of carbonyl (C=O) groups excluding carboxylic acids is 1. The fourth-order valence-electron chi connectivity index (χ4n) is 2.78. The van der Waals surface area contributed by atoms with Crippen LogP contribution < -0.4 is 11.1 Å². The van der Waals surface area contributed by atoms with E-state index in [9.17, 15) is 4.79 Å². The van der Waals surface area contributed by atoms with E-state index in [1.807, 2.05) is 42.1 Å². The zero-order valence-corrected chi connectivity index (χ0v) is 13.1. The molecule has 1 aliphatic rings. The Morgan fingerprint density at radius 1 is 1.30 bits per heavy atom. The molecule has 20 heavy (non-hydrogen) atoms. The zero-order chi connectivity index (χ0) is 14.6. The van der Waals surface area contributed by atoms with Gasteiger partial charge >= 0.3 is 0 Å². The maximum Gasteiger partial charge on any atom is 0.244 e. The number of nitrogens with one attached hydrogen (secondary N) is 1. The normalized spacial score (nSPS) is 25.8. The summed E-state index contributed by atoms with van der Waals surface area (Å²) in [5.41, 5.74) is 6.15. The highest BCUT2D eigenvalue weighted by atomic mass is 32.2. The molecular weight excluding hydrogens is 268 g/mol. The van der Waals surface area contributed by atoms with Crippen molar-refractivity contribution in [2.45, 2.75) is 49.4 Å². The quantitative estimate of drug-likeness (QED) is 0.897. The van der Waals surface area contributed by atoms with Gasteiger partial charge < -0.3 is 11.1 Å². The lowest BCUT2D eigenvalue weighted by Crippen LogP contribution is -2.54. The third kappa shape index (κ3) is 3.36. The summed E-state index contributed by atoms with van der Waals surface area (Å²) in [7, 11) is 0. The van der Waals surface area contributed by atoms with Crippen LogP contribution >= 0.6 is 11.8 Å². The standard InChI is InChI=1S/C16H24N2OS/c1-16(17,12-8-4-3-5-9-12)15(19)18-13-10-6-7-11-14(13)20-2/h3-5,8-9,13-14H,6-7,10-11,17H2,1-2H3,(H,18,19). The fourth-order valence-corrected chi connectivity index (χ4v) is 3.71. The van der Waals surface area contributed by atoms with Gasteiger partial charge in [0.2, 0.25) is 5.91 Å². The van der Waals surface area contributed by atoms with Crippen molar-refractivity contribution >= 4 is 17.7 Å². The van der Waals surface area contributed by atoms with Gasteiger partial charge in [0.15, 0.2) is 0 Å². The molecule has 1 aromatic rings. The smallest absolute Gasteiger partial charge is 0.244 e. The van der Waals surface area contributed by atoms with E-state index in [2.05, 4.69) is 11.6 Å². The molecule has 0 spiro atoms. The minimum absolute atomic E-state index is 0.0744. The van der Waals surface area contributed by atoms with Crippen LogP contribution in [-0.4, -0.2) is 23.5 Å². The Labute approximate surface area is 125 Å². The molecule has 0 saturated heterocycles. The van der Waals surface area contributed by atoms with Crippen molar-refractivity contribution in [3.05, 3.63) is 35.9 Å². The molecule has 1 amide bonds. The summed E-state index contributed by atoms with van der Waals surface area (Å²) in [5, 5.41) is 3.69. The van der Waals surface area contributed by atoms with Crippen LogP contribution in [0.1, 0.15) is 38.2 Å². The number of thioether (sulfide) groups is 1. The van der Waals surface area contributed by atoms with E-state index in [1.54, 1.807) is 6.92 Å². The Morgan fingerprint density at radius 2 is 1.95 bits per heavy atom.